The molecule has 0 aliphatic heterocycles. The highest BCUT2D eigenvalue weighted by Crippen LogP contribution is 2.18. The van der Waals surface area contributed by atoms with Crippen molar-refractivity contribution in [1.82, 2.24) is 24.8 Å². The second-order valence-corrected chi connectivity index (χ2v) is 4.35. The molecule has 0 radical (unpaired) electrons. The average molecular weight is 263 g/mol. The first kappa shape index (κ1) is 13.5. The lowest BCUT2D eigenvalue weighted by Crippen LogP contribution is -2.25. The number of rotatable bonds is 7. The van der Waals surface area contributed by atoms with Gasteiger partial charge >= 0.3 is 0 Å². The van der Waals surface area contributed by atoms with E-state index in [9.17, 15) is 0 Å². The number of likely N-dealkylation sites (N-methyl/N-ethyl adjacent to an activating group) is 1. The monoisotopic (exact) mass is 263 g/mol. The van der Waals surface area contributed by atoms with Gasteiger partial charge in [-0.2, -0.15) is 9.97 Å². The minimum absolute atomic E-state index is 0.605. The minimum Gasteiger partial charge on any atom is -0.367 e. The highest BCUT2D eigenvalue weighted by Gasteiger charge is 2.09. The fraction of sp³-hybridized carbons (Fsp3) is 0.583. The summed E-state index contributed by atoms with van der Waals surface area (Å²) in [7, 11) is 2.09. The van der Waals surface area contributed by atoms with Crippen LogP contribution in [0.5, 0.6) is 0 Å². The number of fused-ring (bicyclic) bond motifs is 1. The van der Waals surface area contributed by atoms with Crippen LogP contribution in [0.1, 0.15) is 13.8 Å². The maximum absolute atomic E-state index is 4.46. The van der Waals surface area contributed by atoms with Crippen LogP contribution in [0.2, 0.25) is 0 Å². The lowest BCUT2D eigenvalue weighted by Gasteiger charge is -2.14. The molecule has 104 valence electrons. The Hall–Kier alpha value is -1.89. The first-order valence-electron chi connectivity index (χ1n) is 6.62. The van der Waals surface area contributed by atoms with Crippen LogP contribution in [-0.4, -0.2) is 58.1 Å². The molecule has 7 heteroatoms. The van der Waals surface area contributed by atoms with Gasteiger partial charge in [-0.05, 0) is 20.5 Å². The van der Waals surface area contributed by atoms with E-state index in [1.807, 2.05) is 6.92 Å². The summed E-state index contributed by atoms with van der Waals surface area (Å²) < 4.78 is 0. The first-order chi connectivity index (χ1) is 9.24. The zero-order valence-electron chi connectivity index (χ0n) is 11.7. The summed E-state index contributed by atoms with van der Waals surface area (Å²) in [6, 6.07) is 0. The van der Waals surface area contributed by atoms with Crippen LogP contribution in [0.4, 0.5) is 11.8 Å². The predicted molar refractivity (Wildman–Crippen MR) is 77.5 cm³/mol. The molecule has 2 heterocycles. The molecule has 0 spiro atoms. The molecular formula is C12H21N7. The smallest absolute Gasteiger partial charge is 0.226 e. The summed E-state index contributed by atoms with van der Waals surface area (Å²) in [5, 5.41) is 6.45. The Labute approximate surface area is 112 Å². The van der Waals surface area contributed by atoms with E-state index in [0.29, 0.717) is 11.6 Å². The van der Waals surface area contributed by atoms with E-state index >= 15 is 0 Å². The van der Waals surface area contributed by atoms with E-state index in [1.165, 1.54) is 0 Å². The zero-order chi connectivity index (χ0) is 13.7. The van der Waals surface area contributed by atoms with Crippen molar-refractivity contribution in [3.05, 3.63) is 6.33 Å². The van der Waals surface area contributed by atoms with E-state index in [0.717, 1.165) is 37.5 Å². The summed E-state index contributed by atoms with van der Waals surface area (Å²) in [6.07, 6.45) is 1.64. The summed E-state index contributed by atoms with van der Waals surface area (Å²) in [5.41, 5.74) is 1.53. The van der Waals surface area contributed by atoms with Crippen molar-refractivity contribution < 1.29 is 0 Å². The van der Waals surface area contributed by atoms with Gasteiger partial charge in [0, 0.05) is 19.6 Å². The van der Waals surface area contributed by atoms with Gasteiger partial charge in [-0.1, -0.05) is 6.92 Å². The van der Waals surface area contributed by atoms with Crippen molar-refractivity contribution in [2.45, 2.75) is 13.8 Å². The van der Waals surface area contributed by atoms with Gasteiger partial charge in [0.2, 0.25) is 5.95 Å². The third kappa shape index (κ3) is 3.31. The summed E-state index contributed by atoms with van der Waals surface area (Å²) in [4.78, 5) is 18.3. The molecule has 2 aromatic heterocycles. The highest BCUT2D eigenvalue weighted by atomic mass is 15.2. The summed E-state index contributed by atoms with van der Waals surface area (Å²) in [6.45, 7) is 7.78. The molecule has 0 amide bonds. The molecule has 2 aromatic rings. The van der Waals surface area contributed by atoms with E-state index < -0.39 is 0 Å². The van der Waals surface area contributed by atoms with E-state index in [1.54, 1.807) is 6.33 Å². The molecule has 19 heavy (non-hydrogen) atoms. The Kier molecular flexibility index (Phi) is 4.51. The molecule has 0 aliphatic carbocycles. The van der Waals surface area contributed by atoms with E-state index in [-0.39, 0.29) is 0 Å². The van der Waals surface area contributed by atoms with Gasteiger partial charge in [-0.25, -0.2) is 4.98 Å². The maximum Gasteiger partial charge on any atom is 0.226 e. The Morgan fingerprint density at radius 3 is 2.84 bits per heavy atom. The number of nitrogens with zero attached hydrogens (tertiary/aromatic N) is 4. The number of anilines is 2. The van der Waals surface area contributed by atoms with Gasteiger partial charge in [0.15, 0.2) is 11.5 Å². The topological polar surface area (TPSA) is 81.8 Å². The molecule has 3 N–H and O–H groups in total. The van der Waals surface area contributed by atoms with Crippen molar-refractivity contribution in [3.63, 3.8) is 0 Å². The highest BCUT2D eigenvalue weighted by molar-refractivity contribution is 5.83. The number of H-pyrrole nitrogens is 1. The Bertz CT molecular complexity index is 522. The summed E-state index contributed by atoms with van der Waals surface area (Å²) >= 11 is 0. The van der Waals surface area contributed by atoms with Crippen LogP contribution in [0, 0.1) is 0 Å². The van der Waals surface area contributed by atoms with Crippen molar-refractivity contribution in [3.8, 4) is 0 Å². The molecule has 0 unspecified atom stereocenters. The van der Waals surface area contributed by atoms with Crippen molar-refractivity contribution in [2.75, 3.05) is 43.9 Å². The average Bonchev–Trinajstić information content (AvgIpc) is 2.87. The SMILES string of the molecule is CCNc1nc(NCCN(C)CC)c2[nH]cnc2n1. The second-order valence-electron chi connectivity index (χ2n) is 4.35. The molecule has 0 atom stereocenters. The zero-order valence-corrected chi connectivity index (χ0v) is 11.7. The molecule has 0 saturated heterocycles. The largest absolute Gasteiger partial charge is 0.367 e. The van der Waals surface area contributed by atoms with Crippen LogP contribution in [0.25, 0.3) is 11.2 Å². The maximum atomic E-state index is 4.46. The van der Waals surface area contributed by atoms with Crippen LogP contribution in [-0.2, 0) is 0 Å². The molecule has 2 rings (SSSR count). The third-order valence-corrected chi connectivity index (χ3v) is 2.95. The third-order valence-electron chi connectivity index (χ3n) is 2.95. The Morgan fingerprint density at radius 1 is 1.26 bits per heavy atom. The van der Waals surface area contributed by atoms with Gasteiger partial charge in [0.25, 0.3) is 0 Å². The van der Waals surface area contributed by atoms with E-state index in [2.05, 4.69) is 49.4 Å². The standard InChI is InChI=1S/C12H21N7/c1-4-13-12-17-10(14-6-7-19(3)5-2)9-11(18-12)16-8-15-9/h8H,4-7H2,1-3H3,(H3,13,14,15,16,17,18). The molecule has 0 bridgehead atoms. The molecule has 0 aromatic carbocycles. The number of imidazole rings is 1. The lowest BCUT2D eigenvalue weighted by atomic mass is 10.4. The Balaban J connectivity index is 2.13. The number of aromatic amines is 1. The van der Waals surface area contributed by atoms with Crippen molar-refractivity contribution in [1.29, 1.82) is 0 Å². The molecule has 0 fully saturated rings. The van der Waals surface area contributed by atoms with Crippen LogP contribution in [0.15, 0.2) is 6.33 Å². The number of hydrogen-bond donors (Lipinski definition) is 3. The van der Waals surface area contributed by atoms with Gasteiger partial charge in [-0.3, -0.25) is 0 Å². The summed E-state index contributed by atoms with van der Waals surface area (Å²) in [5.74, 6) is 1.40. The van der Waals surface area contributed by atoms with Gasteiger partial charge < -0.3 is 20.5 Å². The number of nitrogens with one attached hydrogen (secondary N) is 3. The van der Waals surface area contributed by atoms with Gasteiger partial charge in [0.05, 0.1) is 6.33 Å². The van der Waals surface area contributed by atoms with Crippen LogP contribution < -0.4 is 10.6 Å². The second kappa shape index (κ2) is 6.33. The number of hydrogen-bond acceptors (Lipinski definition) is 6. The predicted octanol–water partition coefficient (Wildman–Crippen LogP) is 1.15. The van der Waals surface area contributed by atoms with Crippen LogP contribution in [0.3, 0.4) is 0 Å². The van der Waals surface area contributed by atoms with Gasteiger partial charge in [0.1, 0.15) is 5.52 Å². The molecule has 0 saturated carbocycles. The van der Waals surface area contributed by atoms with E-state index in [4.69, 9.17) is 0 Å². The fourth-order valence-corrected chi connectivity index (χ4v) is 1.72. The molecular weight excluding hydrogens is 242 g/mol. The normalized spacial score (nSPS) is 11.2. The molecule has 0 aliphatic rings. The fourth-order valence-electron chi connectivity index (χ4n) is 1.72. The Morgan fingerprint density at radius 2 is 2.11 bits per heavy atom. The van der Waals surface area contributed by atoms with Crippen molar-refractivity contribution in [2.24, 2.45) is 0 Å². The first-order valence-corrected chi connectivity index (χ1v) is 6.62. The quantitative estimate of drug-likeness (QED) is 0.695. The minimum atomic E-state index is 0.605. The lowest BCUT2D eigenvalue weighted by molar-refractivity contribution is 0.367. The van der Waals surface area contributed by atoms with Gasteiger partial charge in [-0.15, -0.1) is 0 Å². The number of aromatic nitrogens is 4. The van der Waals surface area contributed by atoms with Crippen LogP contribution >= 0.6 is 0 Å². The molecule has 7 nitrogen and oxygen atoms in total. The van der Waals surface area contributed by atoms with Crippen molar-refractivity contribution >= 4 is 22.9 Å².